The normalized spacial score (nSPS) is 10.0. The molecule has 0 amide bonds. The van der Waals surface area contributed by atoms with Gasteiger partial charge in [-0.1, -0.05) is 35.9 Å². The molecule has 0 aromatic heterocycles. The second-order valence-corrected chi connectivity index (χ2v) is 3.92. The Labute approximate surface area is 106 Å². The van der Waals surface area contributed by atoms with Gasteiger partial charge in [-0.2, -0.15) is 0 Å². The molecule has 2 rings (SSSR count). The highest BCUT2D eigenvalue weighted by Crippen LogP contribution is 2.26. The first kappa shape index (κ1) is 11.8. The van der Waals surface area contributed by atoms with Crippen LogP contribution in [0.1, 0.15) is 5.56 Å². The smallest absolute Gasteiger partial charge is 0.168 e. The topological polar surface area (TPSA) is 18.5 Å². The van der Waals surface area contributed by atoms with E-state index in [2.05, 4.69) is 6.07 Å². The Hall–Kier alpha value is -1.67. The lowest BCUT2D eigenvalue weighted by Crippen LogP contribution is -1.97. The number of benzene rings is 2. The molecule has 1 radical (unpaired) electrons. The zero-order valence-corrected chi connectivity index (χ0v) is 10.2. The molecule has 0 bridgehead atoms. The fourth-order valence-corrected chi connectivity index (χ4v) is 1.55. The maximum absolute atomic E-state index is 5.81. The zero-order chi connectivity index (χ0) is 12.1. The number of hydrogen-bond acceptors (Lipinski definition) is 2. The van der Waals surface area contributed by atoms with E-state index in [0.717, 1.165) is 10.6 Å². The first-order valence-electron chi connectivity index (χ1n) is 5.21. The van der Waals surface area contributed by atoms with E-state index in [9.17, 15) is 0 Å². The maximum Gasteiger partial charge on any atom is 0.168 e. The van der Waals surface area contributed by atoms with E-state index in [-0.39, 0.29) is 0 Å². The van der Waals surface area contributed by atoms with Crippen LogP contribution in [-0.4, -0.2) is 7.11 Å². The Morgan fingerprint density at radius 3 is 2.65 bits per heavy atom. The predicted octanol–water partition coefficient (Wildman–Crippen LogP) is 3.73. The van der Waals surface area contributed by atoms with Crippen molar-refractivity contribution in [1.29, 1.82) is 0 Å². The number of ether oxygens (including phenoxy) is 2. The minimum atomic E-state index is 0.478. The van der Waals surface area contributed by atoms with Crippen LogP contribution in [0.3, 0.4) is 0 Å². The Bertz CT molecular complexity index is 480. The van der Waals surface area contributed by atoms with Crippen LogP contribution in [0.5, 0.6) is 11.5 Å². The van der Waals surface area contributed by atoms with Crippen molar-refractivity contribution < 1.29 is 9.47 Å². The van der Waals surface area contributed by atoms with E-state index in [0.29, 0.717) is 18.1 Å². The molecule has 0 heterocycles. The third-order valence-corrected chi connectivity index (χ3v) is 2.55. The number of para-hydroxylation sites is 1. The summed E-state index contributed by atoms with van der Waals surface area (Å²) in [7, 11) is 1.60. The lowest BCUT2D eigenvalue weighted by molar-refractivity contribution is 0.284. The van der Waals surface area contributed by atoms with Gasteiger partial charge in [0.15, 0.2) is 11.5 Å². The van der Waals surface area contributed by atoms with Gasteiger partial charge >= 0.3 is 0 Å². The van der Waals surface area contributed by atoms with Gasteiger partial charge in [0, 0.05) is 11.1 Å². The van der Waals surface area contributed by atoms with E-state index in [1.165, 1.54) is 0 Å². The highest BCUT2D eigenvalue weighted by atomic mass is 35.5. The first-order chi connectivity index (χ1) is 8.29. The Morgan fingerprint density at radius 2 is 1.94 bits per heavy atom. The number of halogens is 1. The zero-order valence-electron chi connectivity index (χ0n) is 9.44. The summed E-state index contributed by atoms with van der Waals surface area (Å²) in [5.74, 6) is 1.30. The average Bonchev–Trinajstić information content (AvgIpc) is 2.38. The fourth-order valence-electron chi connectivity index (χ4n) is 1.42. The van der Waals surface area contributed by atoms with Gasteiger partial charge in [-0.15, -0.1) is 0 Å². The fraction of sp³-hybridized carbons (Fsp3) is 0.143. The van der Waals surface area contributed by atoms with Gasteiger partial charge in [0.1, 0.15) is 6.61 Å². The van der Waals surface area contributed by atoms with Crippen molar-refractivity contribution in [1.82, 2.24) is 0 Å². The lowest BCUT2D eigenvalue weighted by Gasteiger charge is -2.09. The predicted molar refractivity (Wildman–Crippen MR) is 67.6 cm³/mol. The third-order valence-electron chi connectivity index (χ3n) is 2.29. The summed E-state index contributed by atoms with van der Waals surface area (Å²) >= 11 is 5.81. The van der Waals surface area contributed by atoms with Gasteiger partial charge in [0.25, 0.3) is 0 Å². The van der Waals surface area contributed by atoms with Crippen molar-refractivity contribution in [2.24, 2.45) is 0 Å². The summed E-state index contributed by atoms with van der Waals surface area (Å²) in [6.07, 6.45) is 0. The van der Waals surface area contributed by atoms with E-state index in [1.54, 1.807) is 13.2 Å². The van der Waals surface area contributed by atoms with E-state index >= 15 is 0 Å². The first-order valence-corrected chi connectivity index (χ1v) is 5.59. The summed E-state index contributed by atoms with van der Waals surface area (Å²) < 4.78 is 10.8. The molecule has 2 nitrogen and oxygen atoms in total. The Balaban J connectivity index is 2.04. The molecule has 2 aromatic rings. The average molecular weight is 248 g/mol. The molecule has 0 unspecified atom stereocenters. The van der Waals surface area contributed by atoms with Gasteiger partial charge in [0.2, 0.25) is 0 Å². The van der Waals surface area contributed by atoms with Crippen LogP contribution in [0, 0.1) is 6.07 Å². The monoisotopic (exact) mass is 247 g/mol. The summed E-state index contributed by atoms with van der Waals surface area (Å²) in [4.78, 5) is 0. The standard InChI is InChI=1S/C14H12ClO2/c1-16-13-4-2-3-5-14(13)17-10-11-6-8-12(15)9-7-11/h2-3,5-9H,10H2,1H3. The quantitative estimate of drug-likeness (QED) is 0.820. The molecule has 0 atom stereocenters. The molecule has 2 aromatic carbocycles. The van der Waals surface area contributed by atoms with Crippen molar-refractivity contribution in [3.63, 3.8) is 0 Å². The molecule has 3 heteroatoms. The molecule has 0 saturated heterocycles. The third kappa shape index (κ3) is 3.14. The van der Waals surface area contributed by atoms with Crippen molar-refractivity contribution >= 4 is 11.6 Å². The van der Waals surface area contributed by atoms with Crippen LogP contribution in [0.15, 0.2) is 42.5 Å². The lowest BCUT2D eigenvalue weighted by atomic mass is 10.2. The van der Waals surface area contributed by atoms with Crippen LogP contribution in [0.25, 0.3) is 0 Å². The van der Waals surface area contributed by atoms with Crippen LogP contribution in [0.2, 0.25) is 5.02 Å². The van der Waals surface area contributed by atoms with Gasteiger partial charge < -0.3 is 9.47 Å². The molecule has 0 N–H and O–H groups in total. The summed E-state index contributed by atoms with van der Waals surface area (Å²) in [6, 6.07) is 16.0. The number of hydrogen-bond donors (Lipinski definition) is 0. The van der Waals surface area contributed by atoms with Gasteiger partial charge in [-0.25, -0.2) is 0 Å². The summed E-state index contributed by atoms with van der Waals surface area (Å²) in [6.45, 7) is 0.478. The number of methoxy groups -OCH3 is 1. The van der Waals surface area contributed by atoms with Crippen LogP contribution in [0.4, 0.5) is 0 Å². The Morgan fingerprint density at radius 1 is 1.18 bits per heavy atom. The number of rotatable bonds is 4. The molecule has 17 heavy (non-hydrogen) atoms. The van der Waals surface area contributed by atoms with Gasteiger partial charge in [0.05, 0.1) is 7.11 Å². The second kappa shape index (κ2) is 5.60. The van der Waals surface area contributed by atoms with Crippen molar-refractivity contribution in [3.05, 3.63) is 59.1 Å². The van der Waals surface area contributed by atoms with Crippen molar-refractivity contribution in [3.8, 4) is 11.5 Å². The largest absolute Gasteiger partial charge is 0.492 e. The molecule has 0 aliphatic rings. The van der Waals surface area contributed by atoms with E-state index < -0.39 is 0 Å². The molecule has 0 aliphatic carbocycles. The van der Waals surface area contributed by atoms with Crippen molar-refractivity contribution in [2.45, 2.75) is 6.61 Å². The van der Waals surface area contributed by atoms with Crippen LogP contribution >= 0.6 is 11.6 Å². The molecule has 0 saturated carbocycles. The SMILES string of the molecule is COc1[c]cccc1OCc1ccc(Cl)cc1. The minimum absolute atomic E-state index is 0.478. The van der Waals surface area contributed by atoms with Crippen molar-refractivity contribution in [2.75, 3.05) is 7.11 Å². The molecule has 0 aliphatic heterocycles. The maximum atomic E-state index is 5.81. The van der Waals surface area contributed by atoms with Crippen LogP contribution < -0.4 is 9.47 Å². The highest BCUT2D eigenvalue weighted by molar-refractivity contribution is 6.30. The summed E-state index contributed by atoms with van der Waals surface area (Å²) in [5, 5.41) is 0.722. The van der Waals surface area contributed by atoms with Crippen LogP contribution in [-0.2, 0) is 6.61 Å². The molecular formula is C14H12ClO2. The molecular weight excluding hydrogens is 236 g/mol. The Kier molecular flexibility index (Phi) is 3.89. The summed E-state index contributed by atoms with van der Waals surface area (Å²) in [5.41, 5.74) is 1.06. The second-order valence-electron chi connectivity index (χ2n) is 3.48. The molecule has 0 spiro atoms. The molecule has 0 fully saturated rings. The van der Waals surface area contributed by atoms with E-state index in [1.807, 2.05) is 36.4 Å². The molecule has 87 valence electrons. The highest BCUT2D eigenvalue weighted by Gasteiger charge is 2.03. The van der Waals surface area contributed by atoms with E-state index in [4.69, 9.17) is 21.1 Å². The van der Waals surface area contributed by atoms with Gasteiger partial charge in [-0.3, -0.25) is 0 Å². The minimum Gasteiger partial charge on any atom is -0.492 e. The van der Waals surface area contributed by atoms with Gasteiger partial charge in [-0.05, 0) is 23.8 Å².